The van der Waals surface area contributed by atoms with Crippen LogP contribution in [0.5, 0.6) is 0 Å². The second-order valence-electron chi connectivity index (χ2n) is 4.48. The molecule has 1 aromatic rings. The van der Waals surface area contributed by atoms with Gasteiger partial charge >= 0.3 is 0 Å². The minimum absolute atomic E-state index is 0.0987. The third-order valence-electron chi connectivity index (χ3n) is 3.05. The predicted molar refractivity (Wildman–Crippen MR) is 71.7 cm³/mol. The average molecular weight is 262 g/mol. The number of likely N-dealkylation sites (tertiary alicyclic amines) is 1. The van der Waals surface area contributed by atoms with Gasteiger partial charge in [0.1, 0.15) is 4.99 Å². The second-order valence-corrected chi connectivity index (χ2v) is 4.92. The summed E-state index contributed by atoms with van der Waals surface area (Å²) < 4.78 is 0. The molecule has 1 atom stereocenters. The standard InChI is InChI=1S/C13H14N2O2S/c1-8-6-11(16)15(13(8)17)7-9-2-4-10(5-3-9)12(14)18/h2-5,8H,6-7H2,1H3,(H2,14,18). The Morgan fingerprint density at radius 1 is 1.39 bits per heavy atom. The number of carbonyl (C=O) groups excluding carboxylic acids is 2. The molecule has 0 saturated carbocycles. The first-order valence-electron chi connectivity index (χ1n) is 5.72. The quantitative estimate of drug-likeness (QED) is 0.657. The molecule has 5 heteroatoms. The number of amides is 2. The van der Waals surface area contributed by atoms with E-state index in [1.807, 2.05) is 12.1 Å². The first kappa shape index (κ1) is 12.7. The van der Waals surface area contributed by atoms with E-state index in [1.165, 1.54) is 4.90 Å². The van der Waals surface area contributed by atoms with Crippen molar-refractivity contribution in [3.8, 4) is 0 Å². The number of carbonyl (C=O) groups is 2. The molecule has 18 heavy (non-hydrogen) atoms. The molecule has 2 N–H and O–H groups in total. The van der Waals surface area contributed by atoms with E-state index in [0.717, 1.165) is 11.1 Å². The summed E-state index contributed by atoms with van der Waals surface area (Å²) in [5.74, 6) is -0.405. The van der Waals surface area contributed by atoms with Gasteiger partial charge in [0.25, 0.3) is 0 Å². The molecule has 0 bridgehead atoms. The number of benzene rings is 1. The summed E-state index contributed by atoms with van der Waals surface area (Å²) in [6.07, 6.45) is 0.309. The van der Waals surface area contributed by atoms with Crippen LogP contribution in [0.2, 0.25) is 0 Å². The van der Waals surface area contributed by atoms with Gasteiger partial charge in [0.2, 0.25) is 11.8 Å². The van der Waals surface area contributed by atoms with Gasteiger partial charge in [0.15, 0.2) is 0 Å². The number of hydrogen-bond acceptors (Lipinski definition) is 3. The number of imide groups is 1. The lowest BCUT2D eigenvalue weighted by molar-refractivity contribution is -0.139. The monoisotopic (exact) mass is 262 g/mol. The van der Waals surface area contributed by atoms with Gasteiger partial charge in [-0.3, -0.25) is 14.5 Å². The van der Waals surface area contributed by atoms with Crippen LogP contribution in [0.4, 0.5) is 0 Å². The molecule has 1 unspecified atom stereocenters. The van der Waals surface area contributed by atoms with E-state index in [9.17, 15) is 9.59 Å². The van der Waals surface area contributed by atoms with E-state index in [4.69, 9.17) is 18.0 Å². The molecular formula is C13H14N2O2S. The lowest BCUT2D eigenvalue weighted by atomic mass is 10.1. The Morgan fingerprint density at radius 3 is 2.44 bits per heavy atom. The third kappa shape index (κ3) is 2.41. The molecule has 2 amide bonds. The molecule has 4 nitrogen and oxygen atoms in total. The largest absolute Gasteiger partial charge is 0.389 e. The second kappa shape index (κ2) is 4.86. The molecule has 0 radical (unpaired) electrons. The molecule has 1 heterocycles. The fraction of sp³-hybridized carbons (Fsp3) is 0.308. The summed E-state index contributed by atoms with van der Waals surface area (Å²) in [6, 6.07) is 7.26. The van der Waals surface area contributed by atoms with Crippen LogP contribution in [-0.2, 0) is 16.1 Å². The Kier molecular flexibility index (Phi) is 3.43. The summed E-state index contributed by atoms with van der Waals surface area (Å²) >= 11 is 4.86. The highest BCUT2D eigenvalue weighted by Gasteiger charge is 2.35. The minimum Gasteiger partial charge on any atom is -0.389 e. The smallest absolute Gasteiger partial charge is 0.232 e. The van der Waals surface area contributed by atoms with Crippen LogP contribution in [0.3, 0.4) is 0 Å². The third-order valence-corrected chi connectivity index (χ3v) is 3.28. The Bertz CT molecular complexity index is 510. The van der Waals surface area contributed by atoms with Gasteiger partial charge in [-0.05, 0) is 5.56 Å². The highest BCUT2D eigenvalue weighted by Crippen LogP contribution is 2.21. The molecular weight excluding hydrogens is 248 g/mol. The van der Waals surface area contributed by atoms with Crippen molar-refractivity contribution in [1.82, 2.24) is 4.90 Å². The van der Waals surface area contributed by atoms with E-state index < -0.39 is 0 Å². The zero-order valence-corrected chi connectivity index (χ0v) is 10.9. The minimum atomic E-state index is -0.201. The van der Waals surface area contributed by atoms with Crippen LogP contribution in [0.15, 0.2) is 24.3 Å². The van der Waals surface area contributed by atoms with Gasteiger partial charge in [-0.25, -0.2) is 0 Å². The number of hydrogen-bond donors (Lipinski definition) is 1. The molecule has 1 saturated heterocycles. The number of nitrogens with zero attached hydrogens (tertiary/aromatic N) is 1. The summed E-state index contributed by atoms with van der Waals surface area (Å²) in [4.78, 5) is 25.0. The average Bonchev–Trinajstić information content (AvgIpc) is 2.57. The van der Waals surface area contributed by atoms with E-state index in [0.29, 0.717) is 18.0 Å². The predicted octanol–water partition coefficient (Wildman–Crippen LogP) is 1.22. The fourth-order valence-electron chi connectivity index (χ4n) is 1.97. The van der Waals surface area contributed by atoms with Gasteiger partial charge in [-0.2, -0.15) is 0 Å². The molecule has 1 aliphatic heterocycles. The Labute approximate surface area is 111 Å². The van der Waals surface area contributed by atoms with Crippen molar-refractivity contribution in [2.75, 3.05) is 0 Å². The van der Waals surface area contributed by atoms with Crippen LogP contribution in [-0.4, -0.2) is 21.7 Å². The maximum absolute atomic E-state index is 11.8. The van der Waals surface area contributed by atoms with Crippen LogP contribution in [0.1, 0.15) is 24.5 Å². The van der Waals surface area contributed by atoms with Crippen molar-refractivity contribution in [1.29, 1.82) is 0 Å². The maximum atomic E-state index is 11.8. The number of rotatable bonds is 3. The van der Waals surface area contributed by atoms with Gasteiger partial charge < -0.3 is 5.73 Å². The van der Waals surface area contributed by atoms with E-state index >= 15 is 0 Å². The molecule has 1 aliphatic rings. The fourth-order valence-corrected chi connectivity index (χ4v) is 2.11. The molecule has 1 aromatic carbocycles. The lowest BCUT2D eigenvalue weighted by Gasteiger charge is -2.14. The highest BCUT2D eigenvalue weighted by atomic mass is 32.1. The summed E-state index contributed by atoms with van der Waals surface area (Å²) in [6.45, 7) is 2.09. The molecule has 0 spiro atoms. The molecule has 94 valence electrons. The first-order valence-corrected chi connectivity index (χ1v) is 6.13. The van der Waals surface area contributed by atoms with Crippen molar-refractivity contribution in [3.63, 3.8) is 0 Å². The number of thiocarbonyl (C=S) groups is 1. The Morgan fingerprint density at radius 2 is 2.00 bits per heavy atom. The zero-order chi connectivity index (χ0) is 13.3. The lowest BCUT2D eigenvalue weighted by Crippen LogP contribution is -2.29. The zero-order valence-electron chi connectivity index (χ0n) is 10.1. The number of nitrogens with two attached hydrogens (primary N) is 1. The van der Waals surface area contributed by atoms with Gasteiger partial charge in [-0.15, -0.1) is 0 Å². The van der Waals surface area contributed by atoms with Gasteiger partial charge in [-0.1, -0.05) is 43.4 Å². The topological polar surface area (TPSA) is 63.4 Å². The van der Waals surface area contributed by atoms with Gasteiger partial charge in [0.05, 0.1) is 6.54 Å². The summed E-state index contributed by atoms with van der Waals surface area (Å²) in [5.41, 5.74) is 7.18. The summed E-state index contributed by atoms with van der Waals surface area (Å²) in [5, 5.41) is 0. The van der Waals surface area contributed by atoms with E-state index in [2.05, 4.69) is 0 Å². The van der Waals surface area contributed by atoms with E-state index in [1.54, 1.807) is 19.1 Å². The highest BCUT2D eigenvalue weighted by molar-refractivity contribution is 7.80. The maximum Gasteiger partial charge on any atom is 0.232 e. The molecule has 1 fully saturated rings. The van der Waals surface area contributed by atoms with Crippen molar-refractivity contribution < 1.29 is 9.59 Å². The normalized spacial score (nSPS) is 19.4. The Hall–Kier alpha value is -1.75. The SMILES string of the molecule is CC1CC(=O)N(Cc2ccc(C(N)=S)cc2)C1=O. The van der Waals surface area contributed by atoms with Crippen LogP contribution in [0, 0.1) is 5.92 Å². The molecule has 0 aliphatic carbocycles. The van der Waals surface area contributed by atoms with Crippen LogP contribution < -0.4 is 5.73 Å². The molecule has 0 aromatic heterocycles. The summed E-state index contributed by atoms with van der Waals surface area (Å²) in [7, 11) is 0. The van der Waals surface area contributed by atoms with Crippen molar-refractivity contribution in [2.24, 2.45) is 11.7 Å². The van der Waals surface area contributed by atoms with Crippen molar-refractivity contribution >= 4 is 29.0 Å². The first-order chi connectivity index (χ1) is 8.49. The van der Waals surface area contributed by atoms with Crippen molar-refractivity contribution in [2.45, 2.75) is 19.9 Å². The van der Waals surface area contributed by atoms with Crippen molar-refractivity contribution in [3.05, 3.63) is 35.4 Å². The Balaban J connectivity index is 2.12. The van der Waals surface area contributed by atoms with E-state index in [-0.39, 0.29) is 17.7 Å². The van der Waals surface area contributed by atoms with Crippen LogP contribution >= 0.6 is 12.2 Å². The van der Waals surface area contributed by atoms with Gasteiger partial charge in [0, 0.05) is 17.9 Å². The van der Waals surface area contributed by atoms with Crippen LogP contribution in [0.25, 0.3) is 0 Å². The molecule has 2 rings (SSSR count).